The second-order valence-electron chi connectivity index (χ2n) is 4.60. The summed E-state index contributed by atoms with van der Waals surface area (Å²) in [7, 11) is 0. The Labute approximate surface area is 116 Å². The molecule has 2 aromatic carbocycles. The summed E-state index contributed by atoms with van der Waals surface area (Å²) < 4.78 is 0.953. The van der Waals surface area contributed by atoms with E-state index in [9.17, 15) is 4.79 Å². The molecule has 1 nitrogen and oxygen atoms in total. The van der Waals surface area contributed by atoms with Crippen molar-refractivity contribution in [1.82, 2.24) is 0 Å². The van der Waals surface area contributed by atoms with E-state index in [-0.39, 0.29) is 5.78 Å². The third kappa shape index (κ3) is 3.30. The first kappa shape index (κ1) is 13.0. The molecule has 2 aromatic rings. The third-order valence-electron chi connectivity index (χ3n) is 2.85. The van der Waals surface area contributed by atoms with Crippen molar-refractivity contribution in [2.75, 3.05) is 0 Å². The largest absolute Gasteiger partial charge is 0.294 e. The molecule has 92 valence electrons. The molecule has 18 heavy (non-hydrogen) atoms. The zero-order chi connectivity index (χ0) is 13.1. The van der Waals surface area contributed by atoms with E-state index in [0.717, 1.165) is 21.2 Å². The molecule has 0 aliphatic carbocycles. The monoisotopic (exact) mass is 302 g/mol. The topological polar surface area (TPSA) is 17.1 Å². The van der Waals surface area contributed by atoms with Crippen molar-refractivity contribution < 1.29 is 4.79 Å². The maximum atomic E-state index is 12.2. The van der Waals surface area contributed by atoms with E-state index < -0.39 is 0 Å². The highest BCUT2D eigenvalue weighted by atomic mass is 79.9. The molecule has 2 heteroatoms. The molecule has 0 heterocycles. The summed E-state index contributed by atoms with van der Waals surface area (Å²) >= 11 is 3.42. The first-order chi connectivity index (χ1) is 8.54. The van der Waals surface area contributed by atoms with Crippen LogP contribution >= 0.6 is 15.9 Å². The normalized spacial score (nSPS) is 10.4. The molecule has 0 radical (unpaired) electrons. The van der Waals surface area contributed by atoms with Crippen LogP contribution in [0.15, 0.2) is 46.9 Å². The van der Waals surface area contributed by atoms with Crippen molar-refractivity contribution in [3.8, 4) is 0 Å². The molecule has 0 saturated carbocycles. The summed E-state index contributed by atoms with van der Waals surface area (Å²) in [5.41, 5.74) is 4.13. The highest BCUT2D eigenvalue weighted by Gasteiger charge is 2.08. The van der Waals surface area contributed by atoms with Crippen LogP contribution in [-0.4, -0.2) is 5.78 Å². The predicted molar refractivity (Wildman–Crippen MR) is 78.1 cm³/mol. The average molecular weight is 303 g/mol. The predicted octanol–water partition coefficient (Wildman–Crippen LogP) is 4.49. The Hall–Kier alpha value is -1.41. The fourth-order valence-corrected chi connectivity index (χ4v) is 2.50. The quantitative estimate of drug-likeness (QED) is 0.763. The number of hydrogen-bond donors (Lipinski definition) is 0. The van der Waals surface area contributed by atoms with Gasteiger partial charge in [0, 0.05) is 16.5 Å². The number of carbonyl (C=O) groups is 1. The molecule has 2 rings (SSSR count). The zero-order valence-corrected chi connectivity index (χ0v) is 12.1. The van der Waals surface area contributed by atoms with E-state index in [1.165, 1.54) is 5.56 Å². The minimum absolute atomic E-state index is 0.156. The molecule has 0 atom stereocenters. The standard InChI is InChI=1S/C16H15BrO/c1-11-3-5-13(6-4-11)9-16(18)14-7-12(2)8-15(17)10-14/h3-8,10H,9H2,1-2H3. The second kappa shape index (κ2) is 5.49. The summed E-state index contributed by atoms with van der Waals surface area (Å²) in [5.74, 6) is 0.156. The summed E-state index contributed by atoms with van der Waals surface area (Å²) in [6, 6.07) is 13.9. The van der Waals surface area contributed by atoms with Crippen molar-refractivity contribution in [3.63, 3.8) is 0 Å². The number of hydrogen-bond acceptors (Lipinski definition) is 1. The van der Waals surface area contributed by atoms with E-state index in [1.54, 1.807) is 0 Å². The lowest BCUT2D eigenvalue weighted by molar-refractivity contribution is 0.0993. The zero-order valence-electron chi connectivity index (χ0n) is 10.5. The fourth-order valence-electron chi connectivity index (χ4n) is 1.89. The maximum Gasteiger partial charge on any atom is 0.167 e. The first-order valence-electron chi connectivity index (χ1n) is 5.90. The molecule has 0 saturated heterocycles. The van der Waals surface area contributed by atoms with Crippen molar-refractivity contribution in [2.45, 2.75) is 20.3 Å². The minimum atomic E-state index is 0.156. The molecule has 0 bridgehead atoms. The lowest BCUT2D eigenvalue weighted by Gasteiger charge is -2.04. The van der Waals surface area contributed by atoms with Gasteiger partial charge in [-0.05, 0) is 43.2 Å². The van der Waals surface area contributed by atoms with Crippen LogP contribution in [0.1, 0.15) is 27.0 Å². The molecule has 0 unspecified atom stereocenters. The Morgan fingerprint density at radius 2 is 1.67 bits per heavy atom. The van der Waals surface area contributed by atoms with Crippen molar-refractivity contribution in [1.29, 1.82) is 0 Å². The Balaban J connectivity index is 2.19. The van der Waals surface area contributed by atoms with Gasteiger partial charge in [-0.2, -0.15) is 0 Å². The summed E-state index contributed by atoms with van der Waals surface area (Å²) in [5, 5.41) is 0. The summed E-state index contributed by atoms with van der Waals surface area (Å²) in [4.78, 5) is 12.2. The number of Topliss-reactive ketones (excluding diaryl/α,β-unsaturated/α-hetero) is 1. The van der Waals surface area contributed by atoms with Crippen LogP contribution in [0.2, 0.25) is 0 Å². The number of benzene rings is 2. The SMILES string of the molecule is Cc1ccc(CC(=O)c2cc(C)cc(Br)c2)cc1. The number of carbonyl (C=O) groups excluding carboxylic acids is 1. The summed E-state index contributed by atoms with van der Waals surface area (Å²) in [6.45, 7) is 4.04. The first-order valence-corrected chi connectivity index (χ1v) is 6.70. The Kier molecular flexibility index (Phi) is 3.97. The van der Waals surface area contributed by atoms with Crippen LogP contribution in [0.3, 0.4) is 0 Å². The van der Waals surface area contributed by atoms with Gasteiger partial charge in [0.15, 0.2) is 5.78 Å². The molecule has 0 fully saturated rings. The number of ketones is 1. The average Bonchev–Trinajstić information content (AvgIpc) is 2.31. The van der Waals surface area contributed by atoms with Gasteiger partial charge in [-0.15, -0.1) is 0 Å². The third-order valence-corrected chi connectivity index (χ3v) is 3.31. The van der Waals surface area contributed by atoms with Gasteiger partial charge in [-0.3, -0.25) is 4.79 Å². The lowest BCUT2D eigenvalue weighted by atomic mass is 10.0. The van der Waals surface area contributed by atoms with E-state index in [1.807, 2.05) is 56.3 Å². The molecule has 0 amide bonds. The van der Waals surface area contributed by atoms with Crippen molar-refractivity contribution in [3.05, 3.63) is 69.2 Å². The van der Waals surface area contributed by atoms with Crippen LogP contribution < -0.4 is 0 Å². The number of aryl methyl sites for hydroxylation is 2. The highest BCUT2D eigenvalue weighted by Crippen LogP contribution is 2.17. The van der Waals surface area contributed by atoms with Crippen LogP contribution in [0.25, 0.3) is 0 Å². The fraction of sp³-hybridized carbons (Fsp3) is 0.188. The molecule has 0 N–H and O–H groups in total. The van der Waals surface area contributed by atoms with Gasteiger partial charge >= 0.3 is 0 Å². The van der Waals surface area contributed by atoms with Gasteiger partial charge in [0.1, 0.15) is 0 Å². The number of halogens is 1. The van der Waals surface area contributed by atoms with Gasteiger partial charge < -0.3 is 0 Å². The molecule has 0 spiro atoms. The molecule has 0 aliphatic rings. The van der Waals surface area contributed by atoms with Gasteiger partial charge in [-0.1, -0.05) is 45.8 Å². The van der Waals surface area contributed by atoms with E-state index in [4.69, 9.17) is 0 Å². The second-order valence-corrected chi connectivity index (χ2v) is 5.52. The van der Waals surface area contributed by atoms with Gasteiger partial charge in [0.25, 0.3) is 0 Å². The molecule has 0 aromatic heterocycles. The van der Waals surface area contributed by atoms with Crippen LogP contribution in [0, 0.1) is 13.8 Å². The Morgan fingerprint density at radius 3 is 2.28 bits per heavy atom. The van der Waals surface area contributed by atoms with Gasteiger partial charge in [0.05, 0.1) is 0 Å². The van der Waals surface area contributed by atoms with Crippen molar-refractivity contribution in [2.24, 2.45) is 0 Å². The molecular weight excluding hydrogens is 288 g/mol. The lowest BCUT2D eigenvalue weighted by Crippen LogP contribution is -2.04. The van der Waals surface area contributed by atoms with Crippen LogP contribution in [0.4, 0.5) is 0 Å². The minimum Gasteiger partial charge on any atom is -0.294 e. The maximum absolute atomic E-state index is 12.2. The van der Waals surface area contributed by atoms with Gasteiger partial charge in [0.2, 0.25) is 0 Å². The Bertz CT molecular complexity index is 550. The van der Waals surface area contributed by atoms with Crippen LogP contribution in [0.5, 0.6) is 0 Å². The number of rotatable bonds is 3. The van der Waals surface area contributed by atoms with Gasteiger partial charge in [-0.25, -0.2) is 0 Å². The summed E-state index contributed by atoms with van der Waals surface area (Å²) in [6.07, 6.45) is 0.455. The smallest absolute Gasteiger partial charge is 0.167 e. The van der Waals surface area contributed by atoms with Crippen LogP contribution in [-0.2, 0) is 6.42 Å². The molecular formula is C16H15BrO. The molecule has 0 aliphatic heterocycles. The highest BCUT2D eigenvalue weighted by molar-refractivity contribution is 9.10. The van der Waals surface area contributed by atoms with E-state index in [2.05, 4.69) is 15.9 Å². The van der Waals surface area contributed by atoms with E-state index in [0.29, 0.717) is 6.42 Å². The Morgan fingerprint density at radius 1 is 1.00 bits per heavy atom. The van der Waals surface area contributed by atoms with Crippen molar-refractivity contribution >= 4 is 21.7 Å². The van der Waals surface area contributed by atoms with E-state index >= 15 is 0 Å².